The summed E-state index contributed by atoms with van der Waals surface area (Å²) in [5.41, 5.74) is 10.9. The van der Waals surface area contributed by atoms with Crippen molar-refractivity contribution in [2.75, 3.05) is 4.90 Å². The van der Waals surface area contributed by atoms with E-state index in [1.54, 1.807) is 0 Å². The van der Waals surface area contributed by atoms with Gasteiger partial charge >= 0.3 is 0 Å². The summed E-state index contributed by atoms with van der Waals surface area (Å²) >= 11 is 1.86. The summed E-state index contributed by atoms with van der Waals surface area (Å²) < 4.78 is 4.92. The van der Waals surface area contributed by atoms with Crippen molar-refractivity contribution in [3.8, 4) is 16.8 Å². The van der Waals surface area contributed by atoms with E-state index in [2.05, 4.69) is 186 Å². The molecule has 0 saturated carbocycles. The van der Waals surface area contributed by atoms with E-state index in [4.69, 9.17) is 0 Å². The van der Waals surface area contributed by atoms with Gasteiger partial charge in [-0.1, -0.05) is 128 Å². The molecule has 9 rings (SSSR count). The number of anilines is 2. The molecular weight excluding hydrogens is 637 g/mol. The van der Waals surface area contributed by atoms with Gasteiger partial charge in [0.25, 0.3) is 0 Å². The van der Waals surface area contributed by atoms with Gasteiger partial charge in [0.2, 0.25) is 0 Å². The van der Waals surface area contributed by atoms with Crippen LogP contribution in [0.2, 0.25) is 0 Å². The summed E-state index contributed by atoms with van der Waals surface area (Å²) in [6.07, 6.45) is 4.13. The van der Waals surface area contributed by atoms with Gasteiger partial charge in [-0.05, 0) is 83.4 Å². The first-order chi connectivity index (χ1) is 25.1. The van der Waals surface area contributed by atoms with Crippen molar-refractivity contribution in [3.05, 3.63) is 206 Å². The third kappa shape index (κ3) is 5.45. The standard InChI is InChI=1S/C48H34N2S/c1-33(35-16-6-3-7-17-35)26-27-34(2)49(37-18-8-4-9-19-37)39-31-42(48-44(32-39)41-23-13-15-25-47(41)51-48)36-28-29-46-43(30-36)40-22-12-14-24-45(40)50(46)38-20-10-5-11-21-38/h3-32H,1-2H2/b27-26-. The molecule has 0 unspecified atom stereocenters. The molecule has 51 heavy (non-hydrogen) atoms. The molecule has 3 heteroatoms. The van der Waals surface area contributed by atoms with Crippen molar-refractivity contribution >= 4 is 70.3 Å². The van der Waals surface area contributed by atoms with Crippen molar-refractivity contribution in [1.82, 2.24) is 4.57 Å². The van der Waals surface area contributed by atoms with Gasteiger partial charge in [-0.2, -0.15) is 0 Å². The SMILES string of the molecule is C=C(/C=C\C(=C)N(c1ccccc1)c1cc(-c2ccc3c(c2)c2ccccc2n3-c2ccccc2)c2sc3ccccc3c2c1)c1ccccc1. The van der Waals surface area contributed by atoms with Crippen LogP contribution in [-0.2, 0) is 0 Å². The largest absolute Gasteiger partial charge is 0.311 e. The summed E-state index contributed by atoms with van der Waals surface area (Å²) in [7, 11) is 0. The van der Waals surface area contributed by atoms with Gasteiger partial charge in [0.05, 0.1) is 11.0 Å². The fraction of sp³-hybridized carbons (Fsp3) is 0. The van der Waals surface area contributed by atoms with Crippen LogP contribution in [0.4, 0.5) is 11.4 Å². The quantitative estimate of drug-likeness (QED) is 0.146. The molecule has 0 atom stereocenters. The lowest BCUT2D eigenvalue weighted by Gasteiger charge is -2.26. The average Bonchev–Trinajstić information content (AvgIpc) is 3.73. The third-order valence-corrected chi connectivity index (χ3v) is 10.9. The molecule has 0 bridgehead atoms. The van der Waals surface area contributed by atoms with E-state index >= 15 is 0 Å². The molecule has 2 heterocycles. The van der Waals surface area contributed by atoms with Crippen molar-refractivity contribution in [1.29, 1.82) is 0 Å². The van der Waals surface area contributed by atoms with Crippen molar-refractivity contribution in [3.63, 3.8) is 0 Å². The van der Waals surface area contributed by atoms with Crippen LogP contribution in [0.15, 0.2) is 201 Å². The number of allylic oxidation sites excluding steroid dienone is 3. The van der Waals surface area contributed by atoms with Gasteiger partial charge in [0.15, 0.2) is 0 Å². The molecule has 2 aromatic heterocycles. The lowest BCUT2D eigenvalue weighted by atomic mass is 9.99. The molecular formula is C48H34N2S. The molecule has 0 N–H and O–H groups in total. The first-order valence-electron chi connectivity index (χ1n) is 17.1. The Morgan fingerprint density at radius 3 is 1.96 bits per heavy atom. The fourth-order valence-corrected chi connectivity index (χ4v) is 8.45. The molecule has 0 aliphatic heterocycles. The van der Waals surface area contributed by atoms with Crippen molar-refractivity contribution < 1.29 is 0 Å². The minimum absolute atomic E-state index is 0.851. The lowest BCUT2D eigenvalue weighted by Crippen LogP contribution is -2.14. The highest BCUT2D eigenvalue weighted by Crippen LogP contribution is 2.45. The number of para-hydroxylation sites is 3. The second-order valence-electron chi connectivity index (χ2n) is 12.8. The first kappa shape index (κ1) is 30.6. The summed E-state index contributed by atoms with van der Waals surface area (Å²) in [5.74, 6) is 0. The zero-order valence-corrected chi connectivity index (χ0v) is 28.9. The number of fused-ring (bicyclic) bond motifs is 6. The van der Waals surface area contributed by atoms with E-state index in [1.165, 1.54) is 53.1 Å². The highest BCUT2D eigenvalue weighted by Gasteiger charge is 2.20. The second kappa shape index (κ2) is 12.8. The van der Waals surface area contributed by atoms with Crippen LogP contribution in [0.1, 0.15) is 5.56 Å². The number of benzene rings is 7. The molecule has 2 nitrogen and oxygen atoms in total. The molecule has 0 aliphatic carbocycles. The minimum Gasteiger partial charge on any atom is -0.311 e. The fourth-order valence-electron chi connectivity index (χ4n) is 7.23. The van der Waals surface area contributed by atoms with Gasteiger partial charge in [-0.25, -0.2) is 0 Å². The van der Waals surface area contributed by atoms with E-state index < -0.39 is 0 Å². The maximum atomic E-state index is 4.61. The lowest BCUT2D eigenvalue weighted by molar-refractivity contribution is 1.18. The van der Waals surface area contributed by atoms with Crippen LogP contribution in [0.25, 0.3) is 64.4 Å². The highest BCUT2D eigenvalue weighted by atomic mass is 32.1. The molecule has 242 valence electrons. The van der Waals surface area contributed by atoms with Crippen LogP contribution in [0, 0.1) is 0 Å². The number of rotatable bonds is 8. The molecule has 0 amide bonds. The van der Waals surface area contributed by atoms with Crippen LogP contribution in [-0.4, -0.2) is 4.57 Å². The highest BCUT2D eigenvalue weighted by molar-refractivity contribution is 7.26. The Kier molecular flexibility index (Phi) is 7.68. The molecule has 0 fully saturated rings. The average molecular weight is 671 g/mol. The zero-order valence-electron chi connectivity index (χ0n) is 28.0. The molecule has 7 aromatic carbocycles. The molecule has 0 saturated heterocycles. The van der Waals surface area contributed by atoms with Crippen LogP contribution in [0.3, 0.4) is 0 Å². The van der Waals surface area contributed by atoms with Crippen LogP contribution >= 0.6 is 11.3 Å². The minimum atomic E-state index is 0.851. The monoisotopic (exact) mass is 670 g/mol. The molecule has 9 aromatic rings. The Balaban J connectivity index is 1.25. The summed E-state index contributed by atoms with van der Waals surface area (Å²) in [5, 5.41) is 4.97. The number of hydrogen-bond donors (Lipinski definition) is 0. The third-order valence-electron chi connectivity index (χ3n) is 9.64. The van der Waals surface area contributed by atoms with Gasteiger partial charge in [-0.15, -0.1) is 11.3 Å². The van der Waals surface area contributed by atoms with Gasteiger partial charge in [0, 0.05) is 59.3 Å². The summed E-state index contributed by atoms with van der Waals surface area (Å²) in [6, 6.07) is 60.5. The van der Waals surface area contributed by atoms with Gasteiger partial charge < -0.3 is 9.47 Å². The van der Waals surface area contributed by atoms with Gasteiger partial charge in [0.1, 0.15) is 0 Å². The predicted octanol–water partition coefficient (Wildman–Crippen LogP) is 13.7. The van der Waals surface area contributed by atoms with Crippen LogP contribution < -0.4 is 4.90 Å². The smallest absolute Gasteiger partial charge is 0.0541 e. The Morgan fingerprint density at radius 2 is 1.18 bits per heavy atom. The number of hydrogen-bond acceptors (Lipinski definition) is 2. The van der Waals surface area contributed by atoms with E-state index in [0.717, 1.165) is 33.9 Å². The topological polar surface area (TPSA) is 8.17 Å². The number of thiophene rings is 1. The second-order valence-corrected chi connectivity index (χ2v) is 13.8. The maximum Gasteiger partial charge on any atom is 0.0541 e. The van der Waals surface area contributed by atoms with E-state index in [1.807, 2.05) is 29.5 Å². The Labute approximate surface area is 301 Å². The summed E-state index contributed by atoms with van der Waals surface area (Å²) in [4.78, 5) is 2.25. The molecule has 0 spiro atoms. The van der Waals surface area contributed by atoms with Gasteiger partial charge in [-0.3, -0.25) is 0 Å². The zero-order chi connectivity index (χ0) is 34.3. The molecule has 0 aliphatic rings. The predicted molar refractivity (Wildman–Crippen MR) is 221 cm³/mol. The van der Waals surface area contributed by atoms with E-state index in [9.17, 15) is 0 Å². The van der Waals surface area contributed by atoms with Crippen molar-refractivity contribution in [2.45, 2.75) is 0 Å². The normalized spacial score (nSPS) is 11.6. The number of nitrogens with zero attached hydrogens (tertiary/aromatic N) is 2. The Morgan fingerprint density at radius 1 is 0.529 bits per heavy atom. The van der Waals surface area contributed by atoms with Crippen molar-refractivity contribution in [2.24, 2.45) is 0 Å². The maximum absolute atomic E-state index is 4.61. The Hall–Kier alpha value is -6.42. The van der Waals surface area contributed by atoms with Crippen LogP contribution in [0.5, 0.6) is 0 Å². The molecule has 0 radical (unpaired) electrons. The van der Waals surface area contributed by atoms with E-state index in [-0.39, 0.29) is 0 Å². The number of aromatic nitrogens is 1. The first-order valence-corrected chi connectivity index (χ1v) is 18.0. The Bertz CT molecular complexity index is 2770. The summed E-state index contributed by atoms with van der Waals surface area (Å²) in [6.45, 7) is 8.95. The van der Waals surface area contributed by atoms with E-state index in [0.29, 0.717) is 0 Å².